The summed E-state index contributed by atoms with van der Waals surface area (Å²) in [6.45, 7) is 2.82. The molecule has 3 nitrogen and oxygen atoms in total. The Kier molecular flexibility index (Phi) is 3.22. The number of fused-ring (bicyclic) bond motifs is 1. The topological polar surface area (TPSA) is 34.1 Å². The molecular weight excluding hydrogens is 236 g/mol. The Morgan fingerprint density at radius 3 is 2.89 bits per heavy atom. The van der Waals surface area contributed by atoms with Crippen LogP contribution in [-0.4, -0.2) is 18.6 Å². The van der Waals surface area contributed by atoms with Crippen LogP contribution in [0.2, 0.25) is 0 Å². The fourth-order valence-electron chi connectivity index (χ4n) is 2.67. The molecule has 2 aromatic rings. The van der Waals surface area contributed by atoms with Crippen molar-refractivity contribution in [1.29, 1.82) is 0 Å². The van der Waals surface area contributed by atoms with Crippen molar-refractivity contribution in [1.82, 2.24) is 10.3 Å². The van der Waals surface area contributed by atoms with Gasteiger partial charge in [-0.25, -0.2) is 0 Å². The lowest BCUT2D eigenvalue weighted by atomic mass is 9.99. The number of aryl methyl sites for hydroxylation is 1. The summed E-state index contributed by atoms with van der Waals surface area (Å²) in [4.78, 5) is 4.59. The van der Waals surface area contributed by atoms with E-state index >= 15 is 0 Å². The zero-order valence-corrected chi connectivity index (χ0v) is 11.3. The van der Waals surface area contributed by atoms with Crippen molar-refractivity contribution in [2.45, 2.75) is 19.4 Å². The summed E-state index contributed by atoms with van der Waals surface area (Å²) in [6, 6.07) is 10.5. The number of nitrogens with one attached hydrogen (secondary N) is 1. The minimum Gasteiger partial charge on any atom is -0.496 e. The lowest BCUT2D eigenvalue weighted by Gasteiger charge is -2.20. The third-order valence-electron chi connectivity index (χ3n) is 3.49. The lowest BCUT2D eigenvalue weighted by Crippen LogP contribution is -2.19. The Balaban J connectivity index is 2.17. The molecule has 19 heavy (non-hydrogen) atoms. The van der Waals surface area contributed by atoms with Gasteiger partial charge in [-0.2, -0.15) is 0 Å². The Bertz CT molecular complexity index is 634. The third-order valence-corrected chi connectivity index (χ3v) is 3.49. The molecule has 1 aromatic heterocycles. The van der Waals surface area contributed by atoms with E-state index < -0.39 is 0 Å². The molecule has 1 unspecified atom stereocenters. The van der Waals surface area contributed by atoms with E-state index in [1.807, 2.05) is 20.0 Å². The van der Waals surface area contributed by atoms with E-state index in [9.17, 15) is 0 Å². The molecule has 0 spiro atoms. The van der Waals surface area contributed by atoms with Gasteiger partial charge in [-0.15, -0.1) is 0 Å². The predicted molar refractivity (Wildman–Crippen MR) is 76.9 cm³/mol. The third kappa shape index (κ3) is 2.22. The number of hydrogen-bond acceptors (Lipinski definition) is 3. The first-order valence-corrected chi connectivity index (χ1v) is 6.66. The van der Waals surface area contributed by atoms with Crippen LogP contribution in [0.4, 0.5) is 0 Å². The van der Waals surface area contributed by atoms with Gasteiger partial charge in [0.15, 0.2) is 0 Å². The van der Waals surface area contributed by atoms with Gasteiger partial charge in [0.2, 0.25) is 0 Å². The Labute approximate surface area is 113 Å². The first-order valence-electron chi connectivity index (χ1n) is 6.66. The molecule has 3 rings (SSSR count). The number of benzene rings is 1. The van der Waals surface area contributed by atoms with E-state index in [0.717, 1.165) is 30.0 Å². The highest BCUT2D eigenvalue weighted by atomic mass is 16.5. The van der Waals surface area contributed by atoms with Crippen molar-refractivity contribution < 1.29 is 4.74 Å². The van der Waals surface area contributed by atoms with Crippen molar-refractivity contribution in [3.63, 3.8) is 0 Å². The van der Waals surface area contributed by atoms with Crippen molar-refractivity contribution in [2.24, 2.45) is 0 Å². The van der Waals surface area contributed by atoms with E-state index in [1.165, 1.54) is 10.9 Å². The normalized spacial score (nSPS) is 16.2. The highest BCUT2D eigenvalue weighted by Gasteiger charge is 2.21. The quantitative estimate of drug-likeness (QED) is 0.914. The number of para-hydroxylation sites is 1. The summed E-state index contributed by atoms with van der Waals surface area (Å²) in [6.07, 6.45) is 3.17. The van der Waals surface area contributed by atoms with E-state index in [2.05, 4.69) is 40.6 Å². The van der Waals surface area contributed by atoms with Crippen molar-refractivity contribution in [3.05, 3.63) is 53.4 Å². The predicted octanol–water partition coefficient (Wildman–Crippen LogP) is 3.11. The average molecular weight is 254 g/mol. The summed E-state index contributed by atoms with van der Waals surface area (Å²) in [5.74, 6) is 1.03. The molecule has 0 radical (unpaired) electrons. The van der Waals surface area contributed by atoms with Gasteiger partial charge in [0.25, 0.3) is 0 Å². The Morgan fingerprint density at radius 2 is 2.16 bits per heavy atom. The molecule has 1 aliphatic rings. The first kappa shape index (κ1) is 12.2. The molecule has 0 saturated heterocycles. The molecule has 3 heteroatoms. The fourth-order valence-corrected chi connectivity index (χ4v) is 2.67. The minimum absolute atomic E-state index is 0.106. The molecule has 0 bridgehead atoms. The minimum atomic E-state index is 0.106. The maximum atomic E-state index is 5.73. The molecule has 0 fully saturated rings. The van der Waals surface area contributed by atoms with Crippen LogP contribution in [0.15, 0.2) is 42.2 Å². The van der Waals surface area contributed by atoms with Crippen LogP contribution in [0, 0.1) is 6.92 Å². The Hall–Kier alpha value is -1.87. The molecule has 0 aliphatic carbocycles. The van der Waals surface area contributed by atoms with Gasteiger partial charge >= 0.3 is 0 Å². The molecule has 1 atom stereocenters. The fraction of sp³-hybridized carbons (Fsp3) is 0.312. The molecule has 1 aliphatic heterocycles. The first-order chi connectivity index (χ1) is 9.29. The summed E-state index contributed by atoms with van der Waals surface area (Å²) in [5, 5.41) is 4.54. The summed E-state index contributed by atoms with van der Waals surface area (Å²) in [5.41, 5.74) is 3.31. The number of nitrogens with zero attached hydrogens (tertiary/aromatic N) is 1. The van der Waals surface area contributed by atoms with Gasteiger partial charge in [-0.05, 0) is 37.7 Å². The van der Waals surface area contributed by atoms with E-state index in [1.54, 1.807) is 0 Å². The van der Waals surface area contributed by atoms with Gasteiger partial charge in [-0.3, -0.25) is 4.98 Å². The molecule has 1 aromatic carbocycles. The van der Waals surface area contributed by atoms with Gasteiger partial charge in [0.05, 0.1) is 18.2 Å². The van der Waals surface area contributed by atoms with Gasteiger partial charge in [0, 0.05) is 17.5 Å². The van der Waals surface area contributed by atoms with Crippen LogP contribution in [0.5, 0.6) is 0 Å². The van der Waals surface area contributed by atoms with Crippen LogP contribution in [0.25, 0.3) is 10.9 Å². The maximum absolute atomic E-state index is 5.73. The second-order valence-electron chi connectivity index (χ2n) is 4.84. The van der Waals surface area contributed by atoms with Crippen molar-refractivity contribution >= 4 is 10.9 Å². The lowest BCUT2D eigenvalue weighted by molar-refractivity contribution is 0.218. The highest BCUT2D eigenvalue weighted by Crippen LogP contribution is 2.31. The molecule has 1 N–H and O–H groups in total. The number of rotatable bonds is 3. The summed E-state index contributed by atoms with van der Waals surface area (Å²) >= 11 is 0. The SMILES string of the molecule is CNC(C1=CCCO1)c1cc(C)nc2ccccc12. The Morgan fingerprint density at radius 1 is 1.32 bits per heavy atom. The van der Waals surface area contributed by atoms with E-state index in [4.69, 9.17) is 4.74 Å². The number of ether oxygens (including phenoxy) is 1. The summed E-state index contributed by atoms with van der Waals surface area (Å²) < 4.78 is 5.73. The highest BCUT2D eigenvalue weighted by molar-refractivity contribution is 5.83. The average Bonchev–Trinajstić information content (AvgIpc) is 2.93. The number of hydrogen-bond donors (Lipinski definition) is 1. The van der Waals surface area contributed by atoms with Gasteiger partial charge in [-0.1, -0.05) is 18.2 Å². The van der Waals surface area contributed by atoms with Crippen LogP contribution in [0.1, 0.15) is 23.7 Å². The number of aromatic nitrogens is 1. The molecule has 2 heterocycles. The number of likely N-dealkylation sites (N-methyl/N-ethyl adjacent to an activating group) is 1. The zero-order valence-electron chi connectivity index (χ0n) is 11.3. The van der Waals surface area contributed by atoms with E-state index in [-0.39, 0.29) is 6.04 Å². The zero-order chi connectivity index (χ0) is 13.2. The van der Waals surface area contributed by atoms with Crippen LogP contribution < -0.4 is 5.32 Å². The standard InChI is InChI=1S/C16H18N2O/c1-11-10-13(12-6-3-4-7-14(12)18-11)16(17-2)15-8-5-9-19-15/h3-4,6-8,10,16-17H,5,9H2,1-2H3. The summed E-state index contributed by atoms with van der Waals surface area (Å²) in [7, 11) is 1.97. The monoisotopic (exact) mass is 254 g/mol. The van der Waals surface area contributed by atoms with Gasteiger partial charge in [0.1, 0.15) is 5.76 Å². The second kappa shape index (κ2) is 5.02. The molecule has 0 amide bonds. The molecule has 98 valence electrons. The molecule has 0 saturated carbocycles. The second-order valence-corrected chi connectivity index (χ2v) is 4.84. The smallest absolute Gasteiger partial charge is 0.114 e. The van der Waals surface area contributed by atoms with Crippen molar-refractivity contribution in [2.75, 3.05) is 13.7 Å². The van der Waals surface area contributed by atoms with Crippen LogP contribution in [0.3, 0.4) is 0 Å². The van der Waals surface area contributed by atoms with Crippen LogP contribution in [-0.2, 0) is 4.74 Å². The van der Waals surface area contributed by atoms with Gasteiger partial charge < -0.3 is 10.1 Å². The van der Waals surface area contributed by atoms with Crippen molar-refractivity contribution in [3.8, 4) is 0 Å². The van der Waals surface area contributed by atoms with Crippen LogP contribution >= 0.6 is 0 Å². The largest absolute Gasteiger partial charge is 0.496 e. The molecular formula is C16H18N2O. The van der Waals surface area contributed by atoms with E-state index in [0.29, 0.717) is 0 Å². The number of pyridine rings is 1. The maximum Gasteiger partial charge on any atom is 0.114 e.